The number of oxime groups is 1. The van der Waals surface area contributed by atoms with Crippen molar-refractivity contribution in [1.29, 1.82) is 0 Å². The molecule has 1 atom stereocenters. The fraction of sp³-hybridized carbons (Fsp3) is 0.308. The highest BCUT2D eigenvalue weighted by atomic mass is 35.5. The van der Waals surface area contributed by atoms with Gasteiger partial charge >= 0.3 is 0 Å². The number of rotatable bonds is 4. The fourth-order valence-corrected chi connectivity index (χ4v) is 1.45. The van der Waals surface area contributed by atoms with Crippen LogP contribution >= 0.6 is 11.6 Å². The van der Waals surface area contributed by atoms with Crippen LogP contribution in [0.25, 0.3) is 5.57 Å². The summed E-state index contributed by atoms with van der Waals surface area (Å²) in [4.78, 5) is 0.475. The van der Waals surface area contributed by atoms with Crippen molar-refractivity contribution < 1.29 is 10.1 Å². The Morgan fingerprint density at radius 1 is 1.37 bits per heavy atom. The molecule has 1 N–H and O–H groups in total. The minimum absolute atomic E-state index is 0.374. The van der Waals surface area contributed by atoms with Crippen molar-refractivity contribution in [3.05, 3.63) is 46.3 Å². The van der Waals surface area contributed by atoms with Gasteiger partial charge in [-0.25, -0.2) is 0 Å². The van der Waals surface area contributed by atoms with Gasteiger partial charge in [-0.15, -0.1) is 0 Å². The average molecular weight is 282 g/mol. The summed E-state index contributed by atoms with van der Waals surface area (Å²) < 4.78 is 0. The third kappa shape index (κ3) is 4.71. The average Bonchev–Trinajstić information content (AvgIpc) is 2.38. The number of azo groups is 1. The van der Waals surface area contributed by atoms with E-state index in [1.807, 2.05) is 12.1 Å². The van der Waals surface area contributed by atoms with Crippen LogP contribution in [0.15, 0.2) is 40.7 Å². The van der Waals surface area contributed by atoms with Crippen LogP contribution in [0.5, 0.6) is 0 Å². The first-order valence-electron chi connectivity index (χ1n) is 5.74. The van der Waals surface area contributed by atoms with E-state index in [9.17, 15) is 5.21 Å². The molecule has 19 heavy (non-hydrogen) atoms. The maximum atomic E-state index is 11.6. The van der Waals surface area contributed by atoms with Crippen molar-refractivity contribution in [2.45, 2.75) is 26.8 Å². The standard InChI is InChI=1S/C13H16ClN3O2/c1-9(12-4-6-13(14)7-5-12)8-17(19)15-10(2)11(3)16-18/h4-8,10,18H,1-3H3. The lowest BCUT2D eigenvalue weighted by Gasteiger charge is -2.03. The number of hydrogen-bond donors (Lipinski definition) is 1. The second-order valence-electron chi connectivity index (χ2n) is 4.15. The fourth-order valence-electron chi connectivity index (χ4n) is 1.32. The lowest BCUT2D eigenvalue weighted by Crippen LogP contribution is -2.13. The quantitative estimate of drug-likeness (QED) is 0.299. The molecule has 0 fully saturated rings. The van der Waals surface area contributed by atoms with Crippen molar-refractivity contribution in [1.82, 2.24) is 0 Å². The van der Waals surface area contributed by atoms with E-state index in [-0.39, 0.29) is 0 Å². The number of hydrogen-bond acceptors (Lipinski definition) is 4. The summed E-state index contributed by atoms with van der Waals surface area (Å²) in [6.45, 7) is 5.07. The lowest BCUT2D eigenvalue weighted by atomic mass is 10.1. The van der Waals surface area contributed by atoms with Gasteiger partial charge in [0.2, 0.25) is 6.20 Å². The summed E-state index contributed by atoms with van der Waals surface area (Å²) >= 11 is 5.79. The van der Waals surface area contributed by atoms with Gasteiger partial charge in [-0.05, 0) is 43.6 Å². The van der Waals surface area contributed by atoms with Gasteiger partial charge in [0.1, 0.15) is 0 Å². The molecule has 0 aliphatic heterocycles. The molecular weight excluding hydrogens is 266 g/mol. The van der Waals surface area contributed by atoms with E-state index in [1.54, 1.807) is 32.9 Å². The molecule has 0 bridgehead atoms. The molecule has 0 radical (unpaired) electrons. The third-order valence-corrected chi connectivity index (χ3v) is 2.90. The maximum Gasteiger partial charge on any atom is 0.212 e. The third-order valence-electron chi connectivity index (χ3n) is 2.65. The summed E-state index contributed by atoms with van der Waals surface area (Å²) in [5.74, 6) is 0. The highest BCUT2D eigenvalue weighted by Gasteiger charge is 2.09. The molecule has 1 rings (SSSR count). The van der Waals surface area contributed by atoms with Crippen molar-refractivity contribution in [2.75, 3.05) is 0 Å². The summed E-state index contributed by atoms with van der Waals surface area (Å²) in [6.07, 6.45) is 1.37. The van der Waals surface area contributed by atoms with E-state index >= 15 is 0 Å². The normalized spacial score (nSPS) is 15.5. The smallest absolute Gasteiger partial charge is 0.212 e. The van der Waals surface area contributed by atoms with Gasteiger partial charge < -0.3 is 10.4 Å². The molecule has 0 spiro atoms. The van der Waals surface area contributed by atoms with Gasteiger partial charge in [-0.2, -0.15) is 0 Å². The molecule has 1 unspecified atom stereocenters. The Morgan fingerprint density at radius 2 is 1.95 bits per heavy atom. The SMILES string of the molecule is CC(=C[N+]([O-])=NC(C)C(C)=NO)c1ccc(Cl)cc1. The Labute approximate surface area is 117 Å². The molecule has 0 aliphatic rings. The van der Waals surface area contributed by atoms with Crippen LogP contribution in [0.1, 0.15) is 26.3 Å². The van der Waals surface area contributed by atoms with Gasteiger partial charge in [0.15, 0.2) is 6.04 Å². The number of allylic oxidation sites excluding steroid dienone is 1. The first kappa shape index (κ1) is 15.2. The zero-order chi connectivity index (χ0) is 14.4. The zero-order valence-electron chi connectivity index (χ0n) is 11.0. The summed E-state index contributed by atoms with van der Waals surface area (Å²) in [6, 6.07) is 6.69. The predicted molar refractivity (Wildman–Crippen MR) is 75.5 cm³/mol. The zero-order valence-corrected chi connectivity index (χ0v) is 11.8. The number of benzene rings is 1. The lowest BCUT2D eigenvalue weighted by molar-refractivity contribution is -0.459. The van der Waals surface area contributed by atoms with Crippen LogP contribution in [0, 0.1) is 5.21 Å². The first-order valence-corrected chi connectivity index (χ1v) is 6.12. The van der Waals surface area contributed by atoms with Crippen molar-refractivity contribution >= 4 is 22.9 Å². The van der Waals surface area contributed by atoms with Crippen LogP contribution in [0.2, 0.25) is 5.02 Å². The number of nitrogens with zero attached hydrogens (tertiary/aromatic N) is 3. The Morgan fingerprint density at radius 3 is 2.47 bits per heavy atom. The first-order chi connectivity index (χ1) is 8.93. The molecule has 0 saturated carbocycles. The Balaban J connectivity index is 2.89. The highest BCUT2D eigenvalue weighted by molar-refractivity contribution is 6.30. The van der Waals surface area contributed by atoms with E-state index in [0.29, 0.717) is 15.6 Å². The van der Waals surface area contributed by atoms with Crippen LogP contribution in [-0.2, 0) is 0 Å². The topological polar surface area (TPSA) is 71.0 Å². The largest absolute Gasteiger partial charge is 0.595 e. The molecule has 6 heteroatoms. The molecule has 1 aromatic rings. The molecule has 1 aromatic carbocycles. The Bertz CT molecular complexity index is 521. The Hall–Kier alpha value is -1.88. The van der Waals surface area contributed by atoms with Crippen LogP contribution in [-0.4, -0.2) is 21.8 Å². The minimum atomic E-state index is -0.475. The van der Waals surface area contributed by atoms with Gasteiger partial charge in [0.25, 0.3) is 0 Å². The van der Waals surface area contributed by atoms with E-state index in [2.05, 4.69) is 10.3 Å². The van der Waals surface area contributed by atoms with E-state index < -0.39 is 6.04 Å². The van der Waals surface area contributed by atoms with Gasteiger partial charge in [-0.1, -0.05) is 33.8 Å². The van der Waals surface area contributed by atoms with E-state index in [4.69, 9.17) is 16.8 Å². The molecule has 0 aliphatic carbocycles. The molecular formula is C13H16ClN3O2. The van der Waals surface area contributed by atoms with Crippen molar-refractivity contribution in [2.24, 2.45) is 10.3 Å². The second-order valence-corrected chi connectivity index (χ2v) is 4.59. The summed E-state index contributed by atoms with van der Waals surface area (Å²) in [5.41, 5.74) is 2.03. The highest BCUT2D eigenvalue weighted by Crippen LogP contribution is 2.17. The van der Waals surface area contributed by atoms with Crippen molar-refractivity contribution in [3.63, 3.8) is 0 Å². The molecule has 0 amide bonds. The number of hydroxylamine groups is 1. The summed E-state index contributed by atoms with van der Waals surface area (Å²) in [7, 11) is 0. The predicted octanol–water partition coefficient (Wildman–Crippen LogP) is 3.90. The van der Waals surface area contributed by atoms with Crippen LogP contribution in [0.4, 0.5) is 0 Å². The molecule has 5 nitrogen and oxygen atoms in total. The van der Waals surface area contributed by atoms with E-state index in [0.717, 1.165) is 11.1 Å². The monoisotopic (exact) mass is 281 g/mol. The van der Waals surface area contributed by atoms with Gasteiger partial charge in [0.05, 0.1) is 5.71 Å². The molecule has 0 heterocycles. The molecule has 0 saturated heterocycles. The van der Waals surface area contributed by atoms with Crippen LogP contribution < -0.4 is 0 Å². The second kappa shape index (κ2) is 6.89. The Kier molecular flexibility index (Phi) is 5.51. The van der Waals surface area contributed by atoms with E-state index in [1.165, 1.54) is 6.20 Å². The van der Waals surface area contributed by atoms with Crippen molar-refractivity contribution in [3.8, 4) is 0 Å². The maximum absolute atomic E-state index is 11.6. The van der Waals surface area contributed by atoms with Crippen LogP contribution in [0.3, 0.4) is 0 Å². The molecule has 102 valence electrons. The minimum Gasteiger partial charge on any atom is -0.595 e. The summed E-state index contributed by atoms with van der Waals surface area (Å²) in [5, 5.41) is 27.7. The number of halogens is 1. The molecule has 0 aromatic heterocycles. The van der Waals surface area contributed by atoms with Gasteiger partial charge in [-0.3, -0.25) is 0 Å². The van der Waals surface area contributed by atoms with Gasteiger partial charge in [0, 0.05) is 10.6 Å².